The summed E-state index contributed by atoms with van der Waals surface area (Å²) in [7, 11) is 0. The minimum absolute atomic E-state index is 0.0856. The third-order valence-corrected chi connectivity index (χ3v) is 3.31. The van der Waals surface area contributed by atoms with E-state index >= 15 is 0 Å². The van der Waals surface area contributed by atoms with Gasteiger partial charge in [0.2, 0.25) is 11.8 Å². The van der Waals surface area contributed by atoms with Crippen LogP contribution >= 0.6 is 0 Å². The molecule has 0 radical (unpaired) electrons. The van der Waals surface area contributed by atoms with Gasteiger partial charge < -0.3 is 5.32 Å². The van der Waals surface area contributed by atoms with Gasteiger partial charge in [-0.2, -0.15) is 0 Å². The lowest BCUT2D eigenvalue weighted by Crippen LogP contribution is -2.52. The fourth-order valence-corrected chi connectivity index (χ4v) is 2.10. The monoisotopic (exact) mass is 326 g/mol. The number of amides is 3. The second kappa shape index (κ2) is 8.36. The maximum Gasteiger partial charge on any atom is 0.255 e. The maximum absolute atomic E-state index is 13.8. The van der Waals surface area contributed by atoms with Crippen molar-refractivity contribution in [1.29, 1.82) is 0 Å². The number of carbonyl (C=O) groups excluding carboxylic acids is 3. The quantitative estimate of drug-likeness (QED) is 0.835. The Bertz CT molecular complexity index is 618. The number of aryl methyl sites for hydroxylation is 1. The Morgan fingerprint density at radius 1 is 1.26 bits per heavy atom. The third kappa shape index (κ3) is 4.58. The second-order valence-electron chi connectivity index (χ2n) is 4.75. The van der Waals surface area contributed by atoms with Crippen LogP contribution in [0.1, 0.15) is 49.5 Å². The summed E-state index contributed by atoms with van der Waals surface area (Å²) in [5.41, 5.74) is -0.292. The number of rotatable bonds is 3. The normalized spacial score (nSPS) is 17.0. The highest BCUT2D eigenvalue weighted by Crippen LogP contribution is 2.16. The molecule has 1 saturated heterocycles. The van der Waals surface area contributed by atoms with Crippen LogP contribution in [0.3, 0.4) is 0 Å². The van der Waals surface area contributed by atoms with Crippen LogP contribution in [0.25, 0.3) is 0 Å². The zero-order valence-corrected chi connectivity index (χ0v) is 13.3. The number of carbonyl (C=O) groups is 3. The molecule has 1 fully saturated rings. The van der Waals surface area contributed by atoms with Gasteiger partial charge in [0.05, 0.1) is 5.56 Å². The van der Waals surface area contributed by atoms with Crippen LogP contribution in [0.2, 0.25) is 0 Å². The number of benzene rings is 1. The Morgan fingerprint density at radius 2 is 1.91 bits per heavy atom. The van der Waals surface area contributed by atoms with Gasteiger partial charge >= 0.3 is 0 Å². The molecule has 7 heteroatoms. The van der Waals surface area contributed by atoms with Gasteiger partial charge in [0, 0.05) is 6.42 Å². The van der Waals surface area contributed by atoms with Gasteiger partial charge in [-0.05, 0) is 30.5 Å². The number of halogens is 2. The highest BCUT2D eigenvalue weighted by molar-refractivity contribution is 6.03. The predicted octanol–water partition coefficient (Wildman–Crippen LogP) is 2.09. The molecule has 0 spiro atoms. The SMILES string of the molecule is CC.CCc1cc(F)c(C(=O)NC2CCC(=O)NC2=O)cc1F. The predicted molar refractivity (Wildman–Crippen MR) is 80.7 cm³/mol. The number of hydrogen-bond donors (Lipinski definition) is 2. The molecule has 1 unspecified atom stereocenters. The molecular weight excluding hydrogens is 306 g/mol. The fraction of sp³-hybridized carbons (Fsp3) is 0.438. The molecule has 0 aromatic heterocycles. The molecule has 1 aliphatic rings. The number of hydrogen-bond acceptors (Lipinski definition) is 3. The van der Waals surface area contributed by atoms with Crippen molar-refractivity contribution >= 4 is 17.7 Å². The molecule has 0 aliphatic carbocycles. The smallest absolute Gasteiger partial charge is 0.255 e. The van der Waals surface area contributed by atoms with Gasteiger partial charge in [0.1, 0.15) is 17.7 Å². The van der Waals surface area contributed by atoms with Crippen LogP contribution in [-0.2, 0) is 16.0 Å². The molecule has 2 rings (SSSR count). The molecule has 0 saturated carbocycles. The zero-order chi connectivity index (χ0) is 17.6. The standard InChI is InChI=1S/C14H14F2N2O3.C2H6/c1-2-7-5-10(16)8(6-9(7)15)13(20)17-11-3-4-12(19)18-14(11)21;1-2/h5-6,11H,2-4H2,1H3,(H,17,20)(H,18,19,21);1-2H3. The van der Waals surface area contributed by atoms with Crippen LogP contribution in [0, 0.1) is 11.6 Å². The van der Waals surface area contributed by atoms with Gasteiger partial charge in [-0.1, -0.05) is 20.8 Å². The Balaban J connectivity index is 0.00000127. The Hall–Kier alpha value is -2.31. The van der Waals surface area contributed by atoms with E-state index in [1.54, 1.807) is 6.92 Å². The summed E-state index contributed by atoms with van der Waals surface area (Å²) in [6, 6.07) is 0.855. The van der Waals surface area contributed by atoms with Crippen molar-refractivity contribution in [1.82, 2.24) is 10.6 Å². The number of imide groups is 1. The lowest BCUT2D eigenvalue weighted by molar-refractivity contribution is -0.134. The van der Waals surface area contributed by atoms with Gasteiger partial charge in [-0.25, -0.2) is 8.78 Å². The first-order chi connectivity index (χ1) is 10.9. The van der Waals surface area contributed by atoms with E-state index in [-0.39, 0.29) is 18.4 Å². The van der Waals surface area contributed by atoms with Crippen molar-refractivity contribution < 1.29 is 23.2 Å². The molecule has 1 aromatic rings. The van der Waals surface area contributed by atoms with Crippen LogP contribution in [0.15, 0.2) is 12.1 Å². The summed E-state index contributed by atoms with van der Waals surface area (Å²) >= 11 is 0. The van der Waals surface area contributed by atoms with Crippen molar-refractivity contribution in [2.24, 2.45) is 0 Å². The molecule has 23 heavy (non-hydrogen) atoms. The second-order valence-corrected chi connectivity index (χ2v) is 4.75. The largest absolute Gasteiger partial charge is 0.340 e. The molecule has 3 amide bonds. The summed E-state index contributed by atoms with van der Waals surface area (Å²) in [6.45, 7) is 5.67. The molecule has 1 aliphatic heterocycles. The van der Waals surface area contributed by atoms with E-state index < -0.39 is 41.0 Å². The summed E-state index contributed by atoms with van der Waals surface area (Å²) in [5.74, 6) is -3.48. The van der Waals surface area contributed by atoms with E-state index in [0.29, 0.717) is 6.42 Å². The van der Waals surface area contributed by atoms with Crippen molar-refractivity contribution in [2.45, 2.75) is 46.1 Å². The average molecular weight is 326 g/mol. The number of nitrogens with one attached hydrogen (secondary N) is 2. The Labute approximate surface area is 133 Å². The summed E-state index contributed by atoms with van der Waals surface area (Å²) in [6.07, 6.45) is 0.521. The van der Waals surface area contributed by atoms with Gasteiger partial charge in [-0.15, -0.1) is 0 Å². The minimum Gasteiger partial charge on any atom is -0.340 e. The van der Waals surface area contributed by atoms with Crippen molar-refractivity contribution in [3.05, 3.63) is 34.9 Å². The molecule has 5 nitrogen and oxygen atoms in total. The lowest BCUT2D eigenvalue weighted by atomic mass is 10.0. The van der Waals surface area contributed by atoms with Crippen molar-refractivity contribution in [3.8, 4) is 0 Å². The average Bonchev–Trinajstić information content (AvgIpc) is 2.53. The van der Waals surface area contributed by atoms with Crippen LogP contribution < -0.4 is 10.6 Å². The van der Waals surface area contributed by atoms with Gasteiger partial charge in [0.25, 0.3) is 5.91 Å². The highest BCUT2D eigenvalue weighted by Gasteiger charge is 2.29. The maximum atomic E-state index is 13.8. The third-order valence-electron chi connectivity index (χ3n) is 3.31. The van der Waals surface area contributed by atoms with E-state index in [1.165, 1.54) is 0 Å². The van der Waals surface area contributed by atoms with Crippen molar-refractivity contribution in [3.63, 3.8) is 0 Å². The molecule has 1 atom stereocenters. The van der Waals surface area contributed by atoms with Crippen LogP contribution in [0.4, 0.5) is 8.78 Å². The van der Waals surface area contributed by atoms with Crippen LogP contribution in [-0.4, -0.2) is 23.8 Å². The Kier molecular flexibility index (Phi) is 6.81. The Morgan fingerprint density at radius 3 is 2.48 bits per heavy atom. The molecular formula is C16H20F2N2O3. The molecule has 126 valence electrons. The fourth-order valence-electron chi connectivity index (χ4n) is 2.10. The van der Waals surface area contributed by atoms with Gasteiger partial charge in [0.15, 0.2) is 0 Å². The lowest BCUT2D eigenvalue weighted by Gasteiger charge is -2.22. The summed E-state index contributed by atoms with van der Waals surface area (Å²) < 4.78 is 27.4. The first-order valence-electron chi connectivity index (χ1n) is 7.54. The van der Waals surface area contributed by atoms with E-state index in [1.807, 2.05) is 13.8 Å². The van der Waals surface area contributed by atoms with Crippen LogP contribution in [0.5, 0.6) is 0 Å². The van der Waals surface area contributed by atoms with E-state index in [4.69, 9.17) is 0 Å². The molecule has 2 N–H and O–H groups in total. The first-order valence-corrected chi connectivity index (χ1v) is 7.54. The van der Waals surface area contributed by atoms with E-state index in [2.05, 4.69) is 10.6 Å². The van der Waals surface area contributed by atoms with E-state index in [9.17, 15) is 23.2 Å². The minimum atomic E-state index is -0.927. The van der Waals surface area contributed by atoms with Crippen molar-refractivity contribution in [2.75, 3.05) is 0 Å². The molecule has 1 aromatic carbocycles. The highest BCUT2D eigenvalue weighted by atomic mass is 19.1. The topological polar surface area (TPSA) is 75.3 Å². The summed E-state index contributed by atoms with van der Waals surface area (Å²) in [5, 5.41) is 4.37. The number of piperidine rings is 1. The molecule has 0 bridgehead atoms. The molecule has 1 heterocycles. The summed E-state index contributed by atoms with van der Waals surface area (Å²) in [4.78, 5) is 34.4. The van der Waals surface area contributed by atoms with E-state index in [0.717, 1.165) is 12.1 Å². The first kappa shape index (κ1) is 18.7. The zero-order valence-electron chi connectivity index (χ0n) is 13.3. The van der Waals surface area contributed by atoms with Gasteiger partial charge in [-0.3, -0.25) is 19.7 Å².